The molecule has 9 heteroatoms. The Hall–Kier alpha value is -2.97. The lowest BCUT2D eigenvalue weighted by Gasteiger charge is -2.31. The van der Waals surface area contributed by atoms with Crippen molar-refractivity contribution in [2.75, 3.05) is 32.2 Å². The van der Waals surface area contributed by atoms with E-state index in [9.17, 15) is 13.6 Å². The van der Waals surface area contributed by atoms with E-state index in [1.54, 1.807) is 23.1 Å². The number of hydrogen-bond donors (Lipinski definition) is 1. The Labute approximate surface area is 161 Å². The third-order valence-corrected chi connectivity index (χ3v) is 4.82. The summed E-state index contributed by atoms with van der Waals surface area (Å²) in [5.41, 5.74) is 5.97. The standard InChI is InChI=1S/C19H22F2N4O3/c1-27-15-4-3-12(9-16(15)28-2)13-10-14(17(20)21)24-19(23-13)25-7-5-11(6-8-25)18(22)26/h3-4,9-11,17H,5-8H2,1-2H3,(H2,22,26). The molecule has 1 aromatic carbocycles. The number of primary amides is 1. The first kappa shape index (κ1) is 19.8. The molecule has 1 aromatic heterocycles. The van der Waals surface area contributed by atoms with E-state index in [4.69, 9.17) is 15.2 Å². The molecule has 1 amide bonds. The molecule has 1 saturated heterocycles. The number of methoxy groups -OCH3 is 2. The summed E-state index contributed by atoms with van der Waals surface area (Å²) in [5, 5.41) is 0. The van der Waals surface area contributed by atoms with Crippen LogP contribution in [0.4, 0.5) is 14.7 Å². The van der Waals surface area contributed by atoms with Crippen molar-refractivity contribution in [1.29, 1.82) is 0 Å². The van der Waals surface area contributed by atoms with Crippen LogP contribution in [-0.2, 0) is 4.79 Å². The maximum Gasteiger partial charge on any atom is 0.280 e. The monoisotopic (exact) mass is 392 g/mol. The first-order chi connectivity index (χ1) is 13.4. The summed E-state index contributed by atoms with van der Waals surface area (Å²) in [5.74, 6) is 0.669. The van der Waals surface area contributed by atoms with Gasteiger partial charge < -0.3 is 20.1 Å². The highest BCUT2D eigenvalue weighted by Gasteiger charge is 2.26. The molecule has 0 spiro atoms. The SMILES string of the molecule is COc1ccc(-c2cc(C(F)F)nc(N3CCC(C(N)=O)CC3)n2)cc1OC. The van der Waals surface area contributed by atoms with Crippen LogP contribution < -0.4 is 20.1 Å². The second-order valence-corrected chi connectivity index (χ2v) is 6.51. The zero-order valence-electron chi connectivity index (χ0n) is 15.7. The van der Waals surface area contributed by atoms with Gasteiger partial charge in [0.1, 0.15) is 5.69 Å². The van der Waals surface area contributed by atoms with Crippen LogP contribution in [0.5, 0.6) is 11.5 Å². The fraction of sp³-hybridized carbons (Fsp3) is 0.421. The number of anilines is 1. The largest absolute Gasteiger partial charge is 0.493 e. The number of carbonyl (C=O) groups is 1. The number of benzene rings is 1. The van der Waals surface area contributed by atoms with Gasteiger partial charge in [0.2, 0.25) is 11.9 Å². The molecule has 0 saturated carbocycles. The van der Waals surface area contributed by atoms with Gasteiger partial charge in [-0.25, -0.2) is 18.7 Å². The number of ether oxygens (including phenoxy) is 2. The Morgan fingerprint density at radius 2 is 1.82 bits per heavy atom. The van der Waals surface area contributed by atoms with Crippen molar-refractivity contribution in [3.63, 3.8) is 0 Å². The Kier molecular flexibility index (Phi) is 5.91. The van der Waals surface area contributed by atoms with Gasteiger partial charge in [0, 0.05) is 24.6 Å². The lowest BCUT2D eigenvalue weighted by molar-refractivity contribution is -0.122. The quantitative estimate of drug-likeness (QED) is 0.813. The molecule has 2 aromatic rings. The predicted molar refractivity (Wildman–Crippen MR) is 99.7 cm³/mol. The van der Waals surface area contributed by atoms with Crippen LogP contribution in [0.3, 0.4) is 0 Å². The highest BCUT2D eigenvalue weighted by molar-refractivity contribution is 5.77. The second kappa shape index (κ2) is 8.37. The summed E-state index contributed by atoms with van der Waals surface area (Å²) < 4.78 is 37.4. The zero-order valence-corrected chi connectivity index (χ0v) is 15.7. The highest BCUT2D eigenvalue weighted by Crippen LogP contribution is 2.33. The molecule has 0 bridgehead atoms. The molecule has 0 radical (unpaired) electrons. The molecule has 0 unspecified atom stereocenters. The molecule has 28 heavy (non-hydrogen) atoms. The summed E-state index contributed by atoms with van der Waals surface area (Å²) in [6.45, 7) is 0.956. The number of amides is 1. The average molecular weight is 392 g/mol. The average Bonchev–Trinajstić information content (AvgIpc) is 2.72. The van der Waals surface area contributed by atoms with Crippen molar-refractivity contribution in [1.82, 2.24) is 9.97 Å². The fourth-order valence-corrected chi connectivity index (χ4v) is 3.21. The van der Waals surface area contributed by atoms with Gasteiger partial charge in [-0.15, -0.1) is 0 Å². The third-order valence-electron chi connectivity index (χ3n) is 4.82. The molecule has 1 fully saturated rings. The summed E-state index contributed by atoms with van der Waals surface area (Å²) in [6, 6.07) is 6.36. The van der Waals surface area contributed by atoms with Crippen LogP contribution in [0, 0.1) is 5.92 Å². The van der Waals surface area contributed by atoms with Crippen molar-refractivity contribution in [3.8, 4) is 22.8 Å². The van der Waals surface area contributed by atoms with E-state index in [1.807, 2.05) is 0 Å². The van der Waals surface area contributed by atoms with Crippen LogP contribution in [0.15, 0.2) is 24.3 Å². The third kappa shape index (κ3) is 4.13. The van der Waals surface area contributed by atoms with Crippen molar-refractivity contribution >= 4 is 11.9 Å². The molecule has 150 valence electrons. The molecular formula is C19H22F2N4O3. The summed E-state index contributed by atoms with van der Waals surface area (Å²) in [4.78, 5) is 21.6. The number of hydrogen-bond acceptors (Lipinski definition) is 6. The lowest BCUT2D eigenvalue weighted by Crippen LogP contribution is -2.39. The highest BCUT2D eigenvalue weighted by atomic mass is 19.3. The van der Waals surface area contributed by atoms with Crippen molar-refractivity contribution in [2.24, 2.45) is 11.7 Å². The van der Waals surface area contributed by atoms with Gasteiger partial charge >= 0.3 is 0 Å². The number of aromatic nitrogens is 2. The number of rotatable bonds is 6. The Balaban J connectivity index is 1.96. The number of piperidine rings is 1. The summed E-state index contributed by atoms with van der Waals surface area (Å²) in [7, 11) is 3.02. The molecule has 2 N–H and O–H groups in total. The van der Waals surface area contributed by atoms with Gasteiger partial charge in [-0.3, -0.25) is 4.79 Å². The summed E-state index contributed by atoms with van der Waals surface area (Å²) in [6.07, 6.45) is -1.64. The van der Waals surface area contributed by atoms with Gasteiger partial charge in [0.15, 0.2) is 11.5 Å². The van der Waals surface area contributed by atoms with Crippen LogP contribution in [0.1, 0.15) is 25.0 Å². The fourth-order valence-electron chi connectivity index (χ4n) is 3.21. The van der Waals surface area contributed by atoms with Crippen molar-refractivity contribution < 1.29 is 23.0 Å². The smallest absolute Gasteiger partial charge is 0.280 e. The van der Waals surface area contributed by atoms with Gasteiger partial charge in [-0.1, -0.05) is 0 Å². The van der Waals surface area contributed by atoms with E-state index in [1.165, 1.54) is 20.3 Å². The predicted octanol–water partition coefficient (Wildman–Crippen LogP) is 2.80. The van der Waals surface area contributed by atoms with E-state index < -0.39 is 6.43 Å². The number of halogens is 2. The van der Waals surface area contributed by atoms with Gasteiger partial charge in [-0.05, 0) is 37.1 Å². The number of alkyl halides is 2. The van der Waals surface area contributed by atoms with Gasteiger partial charge in [0.25, 0.3) is 6.43 Å². The number of nitrogens with two attached hydrogens (primary N) is 1. The minimum atomic E-state index is -2.73. The first-order valence-corrected chi connectivity index (χ1v) is 8.86. The van der Waals surface area contributed by atoms with Crippen LogP contribution >= 0.6 is 0 Å². The lowest BCUT2D eigenvalue weighted by atomic mass is 9.96. The topological polar surface area (TPSA) is 90.6 Å². The minimum Gasteiger partial charge on any atom is -0.493 e. The maximum absolute atomic E-state index is 13.4. The molecule has 2 heterocycles. The minimum absolute atomic E-state index is 0.208. The number of carbonyl (C=O) groups excluding carboxylic acids is 1. The molecule has 1 aliphatic heterocycles. The van der Waals surface area contributed by atoms with Crippen LogP contribution in [0.25, 0.3) is 11.3 Å². The van der Waals surface area contributed by atoms with Crippen LogP contribution in [0.2, 0.25) is 0 Å². The van der Waals surface area contributed by atoms with Gasteiger partial charge in [-0.2, -0.15) is 0 Å². The van der Waals surface area contributed by atoms with E-state index in [0.29, 0.717) is 48.7 Å². The molecule has 0 aliphatic carbocycles. The normalized spacial score (nSPS) is 15.0. The van der Waals surface area contributed by atoms with E-state index in [0.717, 1.165) is 0 Å². The van der Waals surface area contributed by atoms with Crippen molar-refractivity contribution in [2.45, 2.75) is 19.3 Å². The molecule has 1 aliphatic rings. The van der Waals surface area contributed by atoms with Crippen molar-refractivity contribution in [3.05, 3.63) is 30.0 Å². The molecule has 0 atom stereocenters. The first-order valence-electron chi connectivity index (χ1n) is 8.86. The second-order valence-electron chi connectivity index (χ2n) is 6.51. The zero-order chi connectivity index (χ0) is 20.3. The Bertz CT molecular complexity index is 855. The molecule has 7 nitrogen and oxygen atoms in total. The van der Waals surface area contributed by atoms with Gasteiger partial charge in [0.05, 0.1) is 19.9 Å². The van der Waals surface area contributed by atoms with E-state index >= 15 is 0 Å². The van der Waals surface area contributed by atoms with E-state index in [-0.39, 0.29) is 23.5 Å². The molecule has 3 rings (SSSR count). The van der Waals surface area contributed by atoms with E-state index in [2.05, 4.69) is 9.97 Å². The molecular weight excluding hydrogens is 370 g/mol. The number of nitrogens with zero attached hydrogens (tertiary/aromatic N) is 3. The van der Waals surface area contributed by atoms with Crippen LogP contribution in [-0.4, -0.2) is 43.2 Å². The summed E-state index contributed by atoms with van der Waals surface area (Å²) >= 11 is 0. The Morgan fingerprint density at radius 3 is 2.39 bits per heavy atom. The maximum atomic E-state index is 13.4. The Morgan fingerprint density at radius 1 is 1.14 bits per heavy atom.